The van der Waals surface area contributed by atoms with Crippen molar-refractivity contribution in [1.29, 1.82) is 0 Å². The molecular weight excluding hydrogens is 324 g/mol. The molecule has 1 aromatic carbocycles. The van der Waals surface area contributed by atoms with E-state index in [0.717, 1.165) is 6.42 Å². The van der Waals surface area contributed by atoms with Crippen molar-refractivity contribution in [3.63, 3.8) is 0 Å². The molecular formula is C18H24N2O3S. The SMILES string of the molecule is CCS(=O)(=O)C1CCN(C(=O)NC2C3Cc4ccccc4C32)CC1. The molecule has 0 radical (unpaired) electrons. The number of sulfone groups is 1. The van der Waals surface area contributed by atoms with Gasteiger partial charge in [0, 0.05) is 30.8 Å². The highest BCUT2D eigenvalue weighted by atomic mass is 32.2. The van der Waals surface area contributed by atoms with E-state index in [-0.39, 0.29) is 23.1 Å². The van der Waals surface area contributed by atoms with Crippen LogP contribution in [0.25, 0.3) is 0 Å². The summed E-state index contributed by atoms with van der Waals surface area (Å²) in [6, 6.07) is 8.72. The van der Waals surface area contributed by atoms with Gasteiger partial charge >= 0.3 is 6.03 Å². The molecule has 3 atom stereocenters. The van der Waals surface area contributed by atoms with E-state index in [1.807, 2.05) is 0 Å². The molecule has 2 fully saturated rings. The van der Waals surface area contributed by atoms with Crippen LogP contribution in [-0.2, 0) is 16.3 Å². The summed E-state index contributed by atoms with van der Waals surface area (Å²) in [5.41, 5.74) is 2.81. The number of nitrogens with zero attached hydrogens (tertiary/aromatic N) is 1. The molecule has 1 saturated carbocycles. The van der Waals surface area contributed by atoms with Crippen LogP contribution < -0.4 is 5.32 Å². The minimum absolute atomic E-state index is 0.0285. The van der Waals surface area contributed by atoms with Crippen LogP contribution in [0.2, 0.25) is 0 Å². The van der Waals surface area contributed by atoms with Gasteiger partial charge < -0.3 is 10.2 Å². The molecule has 1 heterocycles. The summed E-state index contributed by atoms with van der Waals surface area (Å²) in [6.45, 7) is 2.76. The number of nitrogens with one attached hydrogen (secondary N) is 1. The van der Waals surface area contributed by atoms with E-state index in [1.54, 1.807) is 11.8 Å². The molecule has 1 aromatic rings. The molecule has 6 heteroatoms. The predicted molar refractivity (Wildman–Crippen MR) is 92.8 cm³/mol. The van der Waals surface area contributed by atoms with Crippen molar-refractivity contribution in [2.24, 2.45) is 5.92 Å². The Balaban J connectivity index is 1.32. The quantitative estimate of drug-likeness (QED) is 0.908. The Kier molecular flexibility index (Phi) is 3.82. The van der Waals surface area contributed by atoms with Gasteiger partial charge in [0.1, 0.15) is 0 Å². The third kappa shape index (κ3) is 2.61. The highest BCUT2D eigenvalue weighted by Crippen LogP contribution is 2.56. The van der Waals surface area contributed by atoms with Gasteiger partial charge in [0.15, 0.2) is 9.84 Å². The molecule has 3 aliphatic rings. The van der Waals surface area contributed by atoms with Crippen LogP contribution in [-0.4, -0.2) is 49.5 Å². The number of benzene rings is 1. The van der Waals surface area contributed by atoms with Gasteiger partial charge in [0.05, 0.1) is 5.25 Å². The Hall–Kier alpha value is -1.56. The lowest BCUT2D eigenvalue weighted by atomic mass is 10.1. The van der Waals surface area contributed by atoms with Gasteiger partial charge in [-0.1, -0.05) is 31.2 Å². The lowest BCUT2D eigenvalue weighted by Crippen LogP contribution is -2.48. The standard InChI is InChI=1S/C18H24N2O3S/c1-2-24(22,23)13-7-9-20(10-8-13)18(21)19-17-15-11-12-5-3-4-6-14(12)16(15)17/h3-6,13,15-17H,2,7-11H2,1H3,(H,19,21). The second-order valence-electron chi connectivity index (χ2n) is 7.21. The van der Waals surface area contributed by atoms with E-state index in [2.05, 4.69) is 29.6 Å². The van der Waals surface area contributed by atoms with Crippen LogP contribution in [0.15, 0.2) is 24.3 Å². The number of rotatable bonds is 3. The van der Waals surface area contributed by atoms with Gasteiger partial charge in [-0.2, -0.15) is 0 Å². The molecule has 0 aromatic heterocycles. The van der Waals surface area contributed by atoms with E-state index < -0.39 is 9.84 Å². The molecule has 0 bridgehead atoms. The second-order valence-corrected chi connectivity index (χ2v) is 9.78. The molecule has 1 aliphatic heterocycles. The van der Waals surface area contributed by atoms with E-state index >= 15 is 0 Å². The Morgan fingerprint density at radius 2 is 1.96 bits per heavy atom. The first-order valence-electron chi connectivity index (χ1n) is 8.86. The maximum Gasteiger partial charge on any atom is 0.317 e. The van der Waals surface area contributed by atoms with Crippen molar-refractivity contribution in [1.82, 2.24) is 10.2 Å². The fourth-order valence-electron chi connectivity index (χ4n) is 4.44. The number of urea groups is 1. The zero-order valence-electron chi connectivity index (χ0n) is 13.9. The van der Waals surface area contributed by atoms with Gasteiger partial charge in [0.25, 0.3) is 0 Å². The molecule has 1 saturated heterocycles. The number of carbonyl (C=O) groups is 1. The monoisotopic (exact) mass is 348 g/mol. The Morgan fingerprint density at radius 3 is 2.67 bits per heavy atom. The predicted octanol–water partition coefficient (Wildman–Crippen LogP) is 1.93. The molecule has 4 rings (SSSR count). The first kappa shape index (κ1) is 15.9. The number of piperidine rings is 1. The van der Waals surface area contributed by atoms with Crippen molar-refractivity contribution in [2.75, 3.05) is 18.8 Å². The van der Waals surface area contributed by atoms with Crippen molar-refractivity contribution in [3.8, 4) is 0 Å². The van der Waals surface area contributed by atoms with Crippen LogP contribution in [0, 0.1) is 5.92 Å². The van der Waals surface area contributed by atoms with Gasteiger partial charge in [-0.15, -0.1) is 0 Å². The fourth-order valence-corrected chi connectivity index (χ4v) is 5.84. The normalized spacial score (nSPS) is 29.0. The topological polar surface area (TPSA) is 66.5 Å². The minimum Gasteiger partial charge on any atom is -0.334 e. The molecule has 24 heavy (non-hydrogen) atoms. The molecule has 1 N–H and O–H groups in total. The summed E-state index contributed by atoms with van der Waals surface area (Å²) in [6.07, 6.45) is 2.18. The Bertz CT molecular complexity index is 753. The van der Waals surface area contributed by atoms with E-state index in [4.69, 9.17) is 0 Å². The van der Waals surface area contributed by atoms with Gasteiger partial charge in [-0.25, -0.2) is 13.2 Å². The highest BCUT2D eigenvalue weighted by Gasteiger charge is 2.56. The summed E-state index contributed by atoms with van der Waals surface area (Å²) >= 11 is 0. The maximum atomic E-state index is 12.5. The molecule has 3 unspecified atom stereocenters. The molecule has 0 spiro atoms. The summed E-state index contributed by atoms with van der Waals surface area (Å²) < 4.78 is 23.9. The second kappa shape index (κ2) is 5.76. The number of fused-ring (bicyclic) bond motifs is 3. The van der Waals surface area contributed by atoms with Crippen molar-refractivity contribution in [2.45, 2.75) is 43.4 Å². The van der Waals surface area contributed by atoms with Crippen LogP contribution in [0.1, 0.15) is 36.8 Å². The molecule has 2 aliphatic carbocycles. The number of hydrogen-bond acceptors (Lipinski definition) is 3. The lowest BCUT2D eigenvalue weighted by molar-refractivity contribution is 0.185. The third-order valence-corrected chi connectivity index (χ3v) is 8.26. The van der Waals surface area contributed by atoms with Gasteiger partial charge in [-0.3, -0.25) is 0 Å². The van der Waals surface area contributed by atoms with E-state index in [1.165, 1.54) is 11.1 Å². The number of amides is 2. The summed E-state index contributed by atoms with van der Waals surface area (Å²) in [7, 11) is -2.99. The lowest BCUT2D eigenvalue weighted by Gasteiger charge is -2.31. The van der Waals surface area contributed by atoms with E-state index in [9.17, 15) is 13.2 Å². The average molecular weight is 348 g/mol. The van der Waals surface area contributed by atoms with Gasteiger partial charge in [-0.05, 0) is 36.3 Å². The number of carbonyl (C=O) groups excluding carboxylic acids is 1. The first-order valence-corrected chi connectivity index (χ1v) is 10.6. The zero-order valence-corrected chi connectivity index (χ0v) is 14.8. The van der Waals surface area contributed by atoms with Crippen LogP contribution >= 0.6 is 0 Å². The maximum absolute atomic E-state index is 12.5. The highest BCUT2D eigenvalue weighted by molar-refractivity contribution is 7.92. The zero-order chi connectivity index (χ0) is 16.9. The van der Waals surface area contributed by atoms with Crippen LogP contribution in [0.5, 0.6) is 0 Å². The largest absolute Gasteiger partial charge is 0.334 e. The van der Waals surface area contributed by atoms with Crippen molar-refractivity contribution >= 4 is 15.9 Å². The molecule has 130 valence electrons. The van der Waals surface area contributed by atoms with Crippen molar-refractivity contribution < 1.29 is 13.2 Å². The summed E-state index contributed by atoms with van der Waals surface area (Å²) in [5, 5.41) is 2.89. The summed E-state index contributed by atoms with van der Waals surface area (Å²) in [5.74, 6) is 1.21. The van der Waals surface area contributed by atoms with Crippen LogP contribution in [0.3, 0.4) is 0 Å². The first-order chi connectivity index (χ1) is 11.5. The Morgan fingerprint density at radius 1 is 1.25 bits per heavy atom. The summed E-state index contributed by atoms with van der Waals surface area (Å²) in [4.78, 5) is 14.3. The van der Waals surface area contributed by atoms with E-state index in [0.29, 0.717) is 37.8 Å². The number of likely N-dealkylation sites (tertiary alicyclic amines) is 1. The minimum atomic E-state index is -2.99. The Labute approximate surface area is 143 Å². The van der Waals surface area contributed by atoms with Crippen LogP contribution in [0.4, 0.5) is 4.79 Å². The smallest absolute Gasteiger partial charge is 0.317 e. The third-order valence-electron chi connectivity index (χ3n) is 5.97. The van der Waals surface area contributed by atoms with Gasteiger partial charge in [0.2, 0.25) is 0 Å². The average Bonchev–Trinajstić information content (AvgIpc) is 3.11. The molecule has 5 nitrogen and oxygen atoms in total. The van der Waals surface area contributed by atoms with Crippen molar-refractivity contribution in [3.05, 3.63) is 35.4 Å². The fraction of sp³-hybridized carbons (Fsp3) is 0.611. The molecule has 2 amide bonds. The number of hydrogen-bond donors (Lipinski definition) is 1.